The highest BCUT2D eigenvalue weighted by Gasteiger charge is 2.36. The Balaban J connectivity index is 1.28. The Kier molecular flexibility index (Phi) is 5.68. The van der Waals surface area contributed by atoms with Crippen molar-refractivity contribution in [2.24, 2.45) is 0 Å². The van der Waals surface area contributed by atoms with Gasteiger partial charge in [-0.2, -0.15) is 0 Å². The number of carbonyl (C=O) groups excluding carboxylic acids is 1. The number of aliphatic hydroxyl groups excluding tert-OH is 1. The first-order chi connectivity index (χ1) is 15.4. The minimum absolute atomic E-state index is 0.143. The quantitative estimate of drug-likeness (QED) is 0.616. The first-order valence-corrected chi connectivity index (χ1v) is 11.5. The zero-order valence-electron chi connectivity index (χ0n) is 17.9. The van der Waals surface area contributed by atoms with E-state index in [2.05, 4.69) is 4.90 Å². The number of piperidine rings is 1. The number of hydrogen-bond acceptors (Lipinski definition) is 4. The maximum absolute atomic E-state index is 13.2. The Labute approximate surface area is 192 Å². The van der Waals surface area contributed by atoms with E-state index in [1.807, 2.05) is 60.7 Å². The Bertz CT molecular complexity index is 1140. The largest absolute Gasteiger partial charge is 0.388 e. The van der Waals surface area contributed by atoms with Crippen molar-refractivity contribution in [2.45, 2.75) is 31.1 Å². The Morgan fingerprint density at radius 2 is 1.78 bits per heavy atom. The van der Waals surface area contributed by atoms with Crippen LogP contribution in [-0.2, 0) is 6.42 Å². The van der Waals surface area contributed by atoms with Gasteiger partial charge in [-0.25, -0.2) is 0 Å². The molecule has 0 spiro atoms. The third kappa shape index (κ3) is 4.02. The van der Waals surface area contributed by atoms with Gasteiger partial charge in [0.25, 0.3) is 5.91 Å². The second-order valence-electron chi connectivity index (χ2n) is 9.03. The van der Waals surface area contributed by atoms with Gasteiger partial charge in [-0.15, -0.1) is 0 Å². The van der Waals surface area contributed by atoms with Crippen LogP contribution in [0.2, 0.25) is 5.02 Å². The molecule has 1 amide bonds. The van der Waals surface area contributed by atoms with Crippen molar-refractivity contribution >= 4 is 28.3 Å². The van der Waals surface area contributed by atoms with Crippen LogP contribution in [0.1, 0.15) is 40.6 Å². The Hall–Kier alpha value is -2.44. The van der Waals surface area contributed by atoms with Crippen LogP contribution in [0.4, 0.5) is 0 Å². The number of halogens is 1. The molecule has 2 unspecified atom stereocenters. The zero-order chi connectivity index (χ0) is 22.3. The van der Waals surface area contributed by atoms with Crippen LogP contribution in [0.3, 0.4) is 0 Å². The molecule has 1 saturated heterocycles. The number of aliphatic hydroxyl groups is 2. The number of likely N-dealkylation sites (tertiary alicyclic amines) is 1. The van der Waals surface area contributed by atoms with E-state index in [9.17, 15) is 15.0 Å². The molecule has 0 radical (unpaired) electrons. The highest BCUT2D eigenvalue weighted by molar-refractivity contribution is 6.30. The van der Waals surface area contributed by atoms with Crippen LogP contribution >= 0.6 is 11.6 Å². The van der Waals surface area contributed by atoms with Gasteiger partial charge in [0, 0.05) is 47.6 Å². The van der Waals surface area contributed by atoms with E-state index in [-0.39, 0.29) is 5.91 Å². The molecule has 2 heterocycles. The predicted octanol–water partition coefficient (Wildman–Crippen LogP) is 4.01. The van der Waals surface area contributed by atoms with Gasteiger partial charge in [0.05, 0.1) is 5.60 Å². The van der Waals surface area contributed by atoms with Gasteiger partial charge in [-0.1, -0.05) is 54.1 Å². The van der Waals surface area contributed by atoms with Gasteiger partial charge in [0.2, 0.25) is 0 Å². The molecule has 3 aromatic rings. The normalized spacial score (nSPS) is 23.7. The van der Waals surface area contributed by atoms with Crippen LogP contribution < -0.4 is 0 Å². The van der Waals surface area contributed by atoms with Crippen LogP contribution in [0.5, 0.6) is 0 Å². The second-order valence-corrected chi connectivity index (χ2v) is 9.47. The average Bonchev–Trinajstić information content (AvgIpc) is 2.79. The number of carbonyl (C=O) groups is 1. The third-order valence-corrected chi connectivity index (χ3v) is 6.99. The van der Waals surface area contributed by atoms with Gasteiger partial charge < -0.3 is 15.1 Å². The molecule has 5 rings (SSSR count). The Morgan fingerprint density at radius 3 is 2.56 bits per heavy atom. The summed E-state index contributed by atoms with van der Waals surface area (Å²) < 4.78 is 0. The summed E-state index contributed by atoms with van der Waals surface area (Å²) in [6.07, 6.45) is 1.25. The van der Waals surface area contributed by atoms with Crippen molar-refractivity contribution in [3.8, 4) is 0 Å². The van der Waals surface area contributed by atoms with Crippen molar-refractivity contribution in [1.29, 1.82) is 0 Å². The van der Waals surface area contributed by atoms with Crippen molar-refractivity contribution < 1.29 is 15.0 Å². The highest BCUT2D eigenvalue weighted by atomic mass is 35.5. The van der Waals surface area contributed by atoms with E-state index >= 15 is 0 Å². The summed E-state index contributed by atoms with van der Waals surface area (Å²) in [4.78, 5) is 16.9. The molecular weight excluding hydrogens is 424 g/mol. The lowest BCUT2D eigenvalue weighted by molar-refractivity contribution is -0.0385. The molecule has 1 fully saturated rings. The molecule has 5 nitrogen and oxygen atoms in total. The lowest BCUT2D eigenvalue weighted by Gasteiger charge is -2.41. The van der Waals surface area contributed by atoms with E-state index in [1.54, 1.807) is 4.90 Å². The second kappa shape index (κ2) is 8.49. The van der Waals surface area contributed by atoms with Crippen LogP contribution in [0.25, 0.3) is 10.8 Å². The first kappa shape index (κ1) is 21.4. The number of rotatable bonds is 5. The molecule has 3 aromatic carbocycles. The molecular formula is C26H27ClN2O3. The minimum Gasteiger partial charge on any atom is -0.388 e. The molecule has 2 atom stereocenters. The van der Waals surface area contributed by atoms with Crippen molar-refractivity contribution in [2.75, 3.05) is 26.2 Å². The van der Waals surface area contributed by atoms with Gasteiger partial charge in [0.15, 0.2) is 6.23 Å². The molecule has 0 saturated carbocycles. The van der Waals surface area contributed by atoms with Gasteiger partial charge in [0.1, 0.15) is 0 Å². The van der Waals surface area contributed by atoms with Crippen LogP contribution in [0, 0.1) is 0 Å². The topological polar surface area (TPSA) is 64.0 Å². The summed E-state index contributed by atoms with van der Waals surface area (Å²) in [6, 6.07) is 19.1. The first-order valence-electron chi connectivity index (χ1n) is 11.1. The fraction of sp³-hybridized carbons (Fsp3) is 0.346. The standard InChI is InChI=1S/C26H27ClN2O3/c27-20-10-8-18(9-11-20)16-26(32)12-3-13-28(17-26)14-15-29-24(30)21-6-1-4-19-5-2-7-22(23(19)21)25(29)31/h1-2,4-11,24,30,32H,3,12-17H2. The van der Waals surface area contributed by atoms with E-state index in [4.69, 9.17) is 11.6 Å². The number of hydrogen-bond donors (Lipinski definition) is 2. The van der Waals surface area contributed by atoms with Gasteiger partial charge in [-0.3, -0.25) is 9.69 Å². The fourth-order valence-electron chi connectivity index (χ4n) is 5.19. The molecule has 32 heavy (non-hydrogen) atoms. The molecule has 0 bridgehead atoms. The smallest absolute Gasteiger partial charge is 0.256 e. The van der Waals surface area contributed by atoms with Crippen LogP contribution in [0.15, 0.2) is 60.7 Å². The maximum atomic E-state index is 13.2. The lowest BCUT2D eigenvalue weighted by atomic mass is 9.86. The van der Waals surface area contributed by atoms with Crippen molar-refractivity contribution in [1.82, 2.24) is 9.80 Å². The monoisotopic (exact) mass is 450 g/mol. The summed E-state index contributed by atoms with van der Waals surface area (Å²) >= 11 is 5.98. The number of β-amino-alcohol motifs (C(OH)–C–C–N with tert-alkyl or cyclic N) is 1. The van der Waals surface area contributed by atoms with E-state index in [1.165, 1.54) is 0 Å². The predicted molar refractivity (Wildman–Crippen MR) is 126 cm³/mol. The maximum Gasteiger partial charge on any atom is 0.256 e. The van der Waals surface area contributed by atoms with E-state index in [0.717, 1.165) is 41.3 Å². The molecule has 166 valence electrons. The average molecular weight is 451 g/mol. The van der Waals surface area contributed by atoms with Crippen molar-refractivity contribution in [3.63, 3.8) is 0 Å². The Morgan fingerprint density at radius 1 is 1.03 bits per heavy atom. The van der Waals surface area contributed by atoms with Gasteiger partial charge >= 0.3 is 0 Å². The molecule has 2 aliphatic heterocycles. The van der Waals surface area contributed by atoms with Crippen LogP contribution in [-0.4, -0.2) is 57.7 Å². The molecule has 0 aliphatic carbocycles. The molecule has 2 aliphatic rings. The van der Waals surface area contributed by atoms with E-state index < -0.39 is 11.8 Å². The van der Waals surface area contributed by atoms with Crippen molar-refractivity contribution in [3.05, 3.63) is 82.4 Å². The summed E-state index contributed by atoms with van der Waals surface area (Å²) in [6.45, 7) is 2.42. The van der Waals surface area contributed by atoms with E-state index in [0.29, 0.717) is 36.6 Å². The molecule has 2 N–H and O–H groups in total. The summed E-state index contributed by atoms with van der Waals surface area (Å²) in [5, 5.41) is 24.7. The molecule has 0 aromatic heterocycles. The number of nitrogens with zero attached hydrogens (tertiary/aromatic N) is 2. The number of benzene rings is 3. The summed E-state index contributed by atoms with van der Waals surface area (Å²) in [5.41, 5.74) is 1.66. The molecule has 6 heteroatoms. The highest BCUT2D eigenvalue weighted by Crippen LogP contribution is 2.35. The SMILES string of the molecule is O=C1c2cccc3cccc(c23)C(O)N1CCN1CCCC(O)(Cc2ccc(Cl)cc2)C1. The lowest BCUT2D eigenvalue weighted by Crippen LogP contribution is -2.52. The number of amides is 1. The third-order valence-electron chi connectivity index (χ3n) is 6.74. The summed E-state index contributed by atoms with van der Waals surface area (Å²) in [7, 11) is 0. The van der Waals surface area contributed by atoms with Gasteiger partial charge in [-0.05, 0) is 48.5 Å². The summed E-state index contributed by atoms with van der Waals surface area (Å²) in [5.74, 6) is -0.143. The minimum atomic E-state index is -0.959. The zero-order valence-corrected chi connectivity index (χ0v) is 18.6. The fourth-order valence-corrected chi connectivity index (χ4v) is 5.32.